The predicted octanol–water partition coefficient (Wildman–Crippen LogP) is 4.18. The summed E-state index contributed by atoms with van der Waals surface area (Å²) in [5.41, 5.74) is 1.67. The molecule has 5 nitrogen and oxygen atoms in total. The van der Waals surface area contributed by atoms with E-state index in [4.69, 9.17) is 9.73 Å². The fourth-order valence-corrected chi connectivity index (χ4v) is 4.42. The maximum Gasteiger partial charge on any atom is 0.193 e. The number of halogens is 1. The van der Waals surface area contributed by atoms with Gasteiger partial charge in [0.25, 0.3) is 0 Å². The van der Waals surface area contributed by atoms with Gasteiger partial charge in [-0.15, -0.1) is 24.0 Å². The zero-order valence-electron chi connectivity index (χ0n) is 16.7. The minimum atomic E-state index is 0. The van der Waals surface area contributed by atoms with Crippen molar-refractivity contribution in [2.45, 2.75) is 51.9 Å². The number of rotatable bonds is 5. The predicted molar refractivity (Wildman–Crippen MR) is 121 cm³/mol. The molecule has 2 fully saturated rings. The van der Waals surface area contributed by atoms with Gasteiger partial charge in [-0.25, -0.2) is 0 Å². The van der Waals surface area contributed by atoms with Gasteiger partial charge < -0.3 is 20.1 Å². The molecule has 2 N–H and O–H groups in total. The van der Waals surface area contributed by atoms with Crippen molar-refractivity contribution in [2.75, 3.05) is 33.3 Å². The van der Waals surface area contributed by atoms with E-state index in [-0.39, 0.29) is 29.7 Å². The van der Waals surface area contributed by atoms with E-state index < -0.39 is 0 Å². The molecular weight excluding hydrogens is 453 g/mol. The highest BCUT2D eigenvalue weighted by Crippen LogP contribution is 2.43. The summed E-state index contributed by atoms with van der Waals surface area (Å²) in [6.07, 6.45) is 9.12. The maximum absolute atomic E-state index is 9.71. The van der Waals surface area contributed by atoms with Gasteiger partial charge in [0.2, 0.25) is 0 Å². The van der Waals surface area contributed by atoms with Crippen LogP contribution in [0.2, 0.25) is 0 Å². The van der Waals surface area contributed by atoms with E-state index >= 15 is 0 Å². The zero-order chi connectivity index (χ0) is 18.4. The summed E-state index contributed by atoms with van der Waals surface area (Å²) in [6, 6.07) is 5.52. The number of likely N-dealkylation sites (tertiary alicyclic amines) is 1. The van der Waals surface area contributed by atoms with Crippen molar-refractivity contribution in [2.24, 2.45) is 10.4 Å². The average Bonchev–Trinajstić information content (AvgIpc) is 3.06. The quantitative estimate of drug-likeness (QED) is 0.372. The summed E-state index contributed by atoms with van der Waals surface area (Å²) in [4.78, 5) is 7.34. The van der Waals surface area contributed by atoms with E-state index in [0.29, 0.717) is 11.2 Å². The molecule has 0 radical (unpaired) electrons. The molecule has 2 aliphatic rings. The highest BCUT2D eigenvalue weighted by atomic mass is 127. The number of aromatic hydroxyl groups is 1. The molecule has 1 spiro atoms. The molecule has 27 heavy (non-hydrogen) atoms. The normalized spacial score (nSPS) is 19.0. The Bertz CT molecular complexity index is 630. The van der Waals surface area contributed by atoms with Crippen molar-refractivity contribution in [1.29, 1.82) is 0 Å². The molecule has 0 atom stereocenters. The summed E-state index contributed by atoms with van der Waals surface area (Å²) >= 11 is 0. The fourth-order valence-electron chi connectivity index (χ4n) is 4.42. The number of benzene rings is 1. The maximum atomic E-state index is 9.71. The van der Waals surface area contributed by atoms with Crippen molar-refractivity contribution in [3.05, 3.63) is 23.8 Å². The van der Waals surface area contributed by atoms with E-state index in [2.05, 4.69) is 17.1 Å². The minimum absolute atomic E-state index is 0. The molecule has 0 unspecified atom stereocenters. The van der Waals surface area contributed by atoms with Gasteiger partial charge in [0.1, 0.15) is 0 Å². The van der Waals surface area contributed by atoms with Crippen LogP contribution in [0.25, 0.3) is 0 Å². The lowest BCUT2D eigenvalue weighted by molar-refractivity contribution is 0.203. The van der Waals surface area contributed by atoms with Gasteiger partial charge in [-0.1, -0.05) is 25.3 Å². The molecule has 0 amide bonds. The van der Waals surface area contributed by atoms with Crippen LogP contribution in [0, 0.1) is 5.41 Å². The lowest BCUT2D eigenvalue weighted by Crippen LogP contribution is -2.41. The Hall–Kier alpha value is -1.18. The van der Waals surface area contributed by atoms with Gasteiger partial charge in [-0.2, -0.15) is 0 Å². The molecule has 1 aliphatic heterocycles. The Morgan fingerprint density at radius 3 is 2.74 bits per heavy atom. The Morgan fingerprint density at radius 2 is 2.04 bits per heavy atom. The average molecular weight is 487 g/mol. The number of guanidine groups is 1. The molecule has 0 bridgehead atoms. The van der Waals surface area contributed by atoms with E-state index in [1.807, 2.05) is 12.1 Å². The summed E-state index contributed by atoms with van der Waals surface area (Å²) in [6.45, 7) is 6.05. The first-order valence-corrected chi connectivity index (χ1v) is 10.0. The molecule has 0 aromatic heterocycles. The molecular formula is C21H34IN3O2. The van der Waals surface area contributed by atoms with Crippen molar-refractivity contribution < 1.29 is 9.84 Å². The fraction of sp³-hybridized carbons (Fsp3) is 0.667. The number of ether oxygens (including phenoxy) is 1. The molecule has 1 saturated carbocycles. The third-order valence-electron chi connectivity index (χ3n) is 5.89. The minimum Gasteiger partial charge on any atom is -0.504 e. The molecule has 6 heteroatoms. The van der Waals surface area contributed by atoms with Crippen molar-refractivity contribution in [3.63, 3.8) is 0 Å². The van der Waals surface area contributed by atoms with Crippen LogP contribution in [0.4, 0.5) is 0 Å². The second-order valence-corrected chi connectivity index (χ2v) is 7.72. The molecule has 152 valence electrons. The van der Waals surface area contributed by atoms with Gasteiger partial charge in [0.15, 0.2) is 17.5 Å². The van der Waals surface area contributed by atoms with Gasteiger partial charge in [0, 0.05) is 26.2 Å². The van der Waals surface area contributed by atoms with Crippen LogP contribution in [-0.2, 0) is 6.42 Å². The third-order valence-corrected chi connectivity index (χ3v) is 5.89. The molecule has 1 aromatic rings. The zero-order valence-corrected chi connectivity index (χ0v) is 19.0. The Labute approximate surface area is 180 Å². The van der Waals surface area contributed by atoms with Gasteiger partial charge in [0.05, 0.1) is 7.11 Å². The van der Waals surface area contributed by atoms with Crippen LogP contribution in [-0.4, -0.2) is 49.3 Å². The number of methoxy groups -OCH3 is 1. The number of aliphatic imine (C=N–C) groups is 1. The van der Waals surface area contributed by atoms with Gasteiger partial charge in [-0.3, -0.25) is 4.99 Å². The number of hydrogen-bond acceptors (Lipinski definition) is 3. The number of phenolic OH excluding ortho intramolecular Hbond substituents is 1. The summed E-state index contributed by atoms with van der Waals surface area (Å²) < 4.78 is 5.19. The van der Waals surface area contributed by atoms with Gasteiger partial charge >= 0.3 is 0 Å². The van der Waals surface area contributed by atoms with E-state index in [1.165, 1.54) is 38.5 Å². The Kier molecular flexibility index (Phi) is 8.51. The lowest BCUT2D eigenvalue weighted by atomic mass is 9.73. The van der Waals surface area contributed by atoms with Crippen LogP contribution < -0.4 is 10.1 Å². The smallest absolute Gasteiger partial charge is 0.193 e. The number of hydrogen-bond donors (Lipinski definition) is 2. The molecule has 1 heterocycles. The Morgan fingerprint density at radius 1 is 1.26 bits per heavy atom. The van der Waals surface area contributed by atoms with E-state index in [0.717, 1.165) is 44.1 Å². The van der Waals surface area contributed by atoms with Crippen molar-refractivity contribution >= 4 is 29.9 Å². The first kappa shape index (κ1) is 22.1. The summed E-state index contributed by atoms with van der Waals surface area (Å²) in [5.74, 6) is 1.76. The number of nitrogens with one attached hydrogen (secondary N) is 1. The van der Waals surface area contributed by atoms with E-state index in [1.54, 1.807) is 13.2 Å². The van der Waals surface area contributed by atoms with Crippen LogP contribution in [0.1, 0.15) is 51.0 Å². The van der Waals surface area contributed by atoms with Crippen LogP contribution in [0.5, 0.6) is 11.5 Å². The topological polar surface area (TPSA) is 57.1 Å². The lowest BCUT2D eigenvalue weighted by Gasteiger charge is -2.33. The second-order valence-electron chi connectivity index (χ2n) is 7.72. The van der Waals surface area contributed by atoms with Crippen LogP contribution in [0.3, 0.4) is 0 Å². The highest BCUT2D eigenvalue weighted by molar-refractivity contribution is 14.0. The van der Waals surface area contributed by atoms with Crippen molar-refractivity contribution in [1.82, 2.24) is 10.2 Å². The standard InChI is InChI=1S/C21H33N3O2.HI/c1-3-22-20(24-14-12-21(16-24)10-5-4-6-11-21)23-13-9-17-7-8-18(25)19(15-17)26-2;/h7-8,15,25H,3-6,9-14,16H2,1-2H3,(H,22,23);1H. The first-order valence-electron chi connectivity index (χ1n) is 10.0. The molecule has 1 aromatic carbocycles. The number of nitrogens with zero attached hydrogens (tertiary/aromatic N) is 2. The summed E-state index contributed by atoms with van der Waals surface area (Å²) in [5, 5.41) is 13.2. The largest absolute Gasteiger partial charge is 0.504 e. The monoisotopic (exact) mass is 487 g/mol. The van der Waals surface area contributed by atoms with Gasteiger partial charge in [-0.05, 0) is 55.7 Å². The third kappa shape index (κ3) is 5.65. The molecule has 1 saturated heterocycles. The second kappa shape index (κ2) is 10.4. The molecule has 3 rings (SSSR count). The van der Waals surface area contributed by atoms with Crippen LogP contribution >= 0.6 is 24.0 Å². The van der Waals surface area contributed by atoms with E-state index in [9.17, 15) is 5.11 Å². The highest BCUT2D eigenvalue weighted by Gasteiger charge is 2.39. The van der Waals surface area contributed by atoms with Crippen molar-refractivity contribution in [3.8, 4) is 11.5 Å². The number of phenols is 1. The molecule has 1 aliphatic carbocycles. The Balaban J connectivity index is 0.00000261. The SMILES string of the molecule is CCNC(=NCCc1ccc(O)c(OC)c1)N1CCC2(CCCCC2)C1.I. The first-order chi connectivity index (χ1) is 12.7. The van der Waals surface area contributed by atoms with Crippen LogP contribution in [0.15, 0.2) is 23.2 Å². The summed E-state index contributed by atoms with van der Waals surface area (Å²) in [7, 11) is 1.58.